The highest BCUT2D eigenvalue weighted by Crippen LogP contribution is 2.47. The van der Waals surface area contributed by atoms with E-state index in [1.54, 1.807) is 6.92 Å². The van der Waals surface area contributed by atoms with Crippen LogP contribution in [0.15, 0.2) is 16.3 Å². The van der Waals surface area contributed by atoms with E-state index >= 15 is 0 Å². The minimum absolute atomic E-state index is 0.100. The Kier molecular flexibility index (Phi) is 12.0. The molecule has 0 bridgehead atoms. The number of rotatable bonds is 17. The molecular weight excluding hydrogens is 442 g/mol. The lowest BCUT2D eigenvalue weighted by molar-refractivity contribution is -0.143. The first kappa shape index (κ1) is 31.6. The van der Waals surface area contributed by atoms with Crippen molar-refractivity contribution in [1.82, 2.24) is 0 Å². The Labute approximate surface area is 213 Å². The summed E-state index contributed by atoms with van der Waals surface area (Å²) in [6.45, 7) is 15.0. The van der Waals surface area contributed by atoms with Crippen LogP contribution in [0.25, 0.3) is 0 Å². The molecule has 35 heavy (non-hydrogen) atoms. The van der Waals surface area contributed by atoms with Crippen molar-refractivity contribution in [2.24, 2.45) is 22.9 Å². The largest absolute Gasteiger partial charge is 0.390 e. The van der Waals surface area contributed by atoms with Crippen LogP contribution in [0.2, 0.25) is 0 Å². The van der Waals surface area contributed by atoms with Gasteiger partial charge in [0.1, 0.15) is 0 Å². The van der Waals surface area contributed by atoms with Crippen molar-refractivity contribution >= 4 is 11.6 Å². The lowest BCUT2D eigenvalue weighted by atomic mass is 9.72. The van der Waals surface area contributed by atoms with E-state index in [1.165, 1.54) is 59.3 Å². The molecular formula is C29H51NO5. The van der Waals surface area contributed by atoms with Crippen LogP contribution >= 0.6 is 0 Å². The number of ketones is 2. The Balaban J connectivity index is 2.53. The summed E-state index contributed by atoms with van der Waals surface area (Å²) in [7, 11) is 0. The summed E-state index contributed by atoms with van der Waals surface area (Å²) < 4.78 is 0. The first-order valence-corrected chi connectivity index (χ1v) is 13.7. The predicted molar refractivity (Wildman–Crippen MR) is 142 cm³/mol. The molecule has 0 heterocycles. The number of Topliss-reactive ketones (excluding diaryl/α,β-unsaturated/α-hetero) is 2. The van der Waals surface area contributed by atoms with Crippen molar-refractivity contribution in [3.8, 4) is 0 Å². The molecule has 6 heteroatoms. The molecule has 1 aliphatic rings. The van der Waals surface area contributed by atoms with Crippen molar-refractivity contribution in [3.05, 3.63) is 16.1 Å². The van der Waals surface area contributed by atoms with Crippen molar-refractivity contribution in [3.63, 3.8) is 0 Å². The molecule has 5 unspecified atom stereocenters. The van der Waals surface area contributed by atoms with E-state index < -0.39 is 28.3 Å². The molecule has 0 aromatic carbocycles. The second-order valence-electron chi connectivity index (χ2n) is 12.2. The molecule has 0 aromatic rings. The number of hydrogen-bond donors (Lipinski definition) is 2. The summed E-state index contributed by atoms with van der Waals surface area (Å²) in [5.74, 6) is 0.830. The second-order valence-corrected chi connectivity index (χ2v) is 12.2. The van der Waals surface area contributed by atoms with Gasteiger partial charge in [-0.2, -0.15) is 0 Å². The van der Waals surface area contributed by atoms with Gasteiger partial charge in [-0.15, -0.1) is 4.91 Å². The SMILES string of the molecule is CC(=O)C1(O)C(C)=C(C)C(=O)C1(CCC(C)(O)CCCC(C)CCCC(C)CCCC(C)C)N=O. The molecule has 0 saturated heterocycles. The van der Waals surface area contributed by atoms with Crippen LogP contribution in [-0.2, 0) is 9.59 Å². The summed E-state index contributed by atoms with van der Waals surface area (Å²) in [5, 5.41) is 25.1. The minimum atomic E-state index is -2.24. The Bertz CT molecular complexity index is 771. The molecule has 0 radical (unpaired) electrons. The molecule has 0 fully saturated rings. The number of aliphatic hydroxyl groups is 2. The lowest BCUT2D eigenvalue weighted by Crippen LogP contribution is -2.59. The molecule has 1 rings (SSSR count). The molecule has 2 N–H and O–H groups in total. The summed E-state index contributed by atoms with van der Waals surface area (Å²) >= 11 is 0. The topological polar surface area (TPSA) is 104 Å². The third-order valence-corrected chi connectivity index (χ3v) is 8.40. The Hall–Kier alpha value is -1.40. The predicted octanol–water partition coefficient (Wildman–Crippen LogP) is 6.70. The summed E-state index contributed by atoms with van der Waals surface area (Å²) in [6, 6.07) is 0. The van der Waals surface area contributed by atoms with Gasteiger partial charge in [-0.05, 0) is 75.9 Å². The van der Waals surface area contributed by atoms with Gasteiger partial charge in [-0.25, -0.2) is 0 Å². The molecule has 202 valence electrons. The first-order valence-electron chi connectivity index (χ1n) is 13.7. The van der Waals surface area contributed by atoms with E-state index in [9.17, 15) is 24.7 Å². The van der Waals surface area contributed by atoms with Gasteiger partial charge in [0.25, 0.3) is 0 Å². The van der Waals surface area contributed by atoms with Crippen LogP contribution in [-0.4, -0.2) is 38.5 Å². The fourth-order valence-corrected chi connectivity index (χ4v) is 5.61. The Morgan fingerprint density at radius 1 is 0.943 bits per heavy atom. The van der Waals surface area contributed by atoms with E-state index in [1.807, 2.05) is 0 Å². The number of carbonyl (C=O) groups is 2. The summed E-state index contributed by atoms with van der Waals surface area (Å²) in [5.41, 5.74) is -5.09. The van der Waals surface area contributed by atoms with Crippen LogP contribution in [0.1, 0.15) is 126 Å². The van der Waals surface area contributed by atoms with Crippen molar-refractivity contribution in [1.29, 1.82) is 0 Å². The molecule has 1 aliphatic carbocycles. The maximum absolute atomic E-state index is 12.9. The highest BCUT2D eigenvalue weighted by Gasteiger charge is 2.66. The zero-order valence-corrected chi connectivity index (χ0v) is 23.6. The smallest absolute Gasteiger partial charge is 0.204 e. The van der Waals surface area contributed by atoms with Gasteiger partial charge in [-0.3, -0.25) is 9.59 Å². The fourth-order valence-electron chi connectivity index (χ4n) is 5.61. The second kappa shape index (κ2) is 13.2. The zero-order valence-electron chi connectivity index (χ0n) is 23.6. The average Bonchev–Trinajstić information content (AvgIpc) is 2.91. The third kappa shape index (κ3) is 7.79. The van der Waals surface area contributed by atoms with Gasteiger partial charge >= 0.3 is 0 Å². The van der Waals surface area contributed by atoms with Crippen LogP contribution in [0.5, 0.6) is 0 Å². The van der Waals surface area contributed by atoms with Gasteiger partial charge in [0.2, 0.25) is 5.54 Å². The molecule has 0 spiro atoms. The van der Waals surface area contributed by atoms with Crippen LogP contribution in [0.4, 0.5) is 0 Å². The first-order chi connectivity index (χ1) is 16.1. The maximum Gasteiger partial charge on any atom is 0.204 e. The maximum atomic E-state index is 12.9. The molecule has 0 amide bonds. The van der Waals surface area contributed by atoms with Gasteiger partial charge in [0.15, 0.2) is 17.2 Å². The number of nitroso groups, excluding NO2 is 1. The average molecular weight is 494 g/mol. The minimum Gasteiger partial charge on any atom is -0.390 e. The van der Waals surface area contributed by atoms with Crippen molar-refractivity contribution in [2.75, 3.05) is 0 Å². The fraction of sp³-hybridized carbons (Fsp3) is 0.862. The molecule has 0 saturated carbocycles. The third-order valence-electron chi connectivity index (χ3n) is 8.40. The Morgan fingerprint density at radius 2 is 1.43 bits per heavy atom. The highest BCUT2D eigenvalue weighted by atomic mass is 16.3. The van der Waals surface area contributed by atoms with Gasteiger partial charge in [0, 0.05) is 0 Å². The standard InChI is InChI=1S/C29H51NO5/c1-20(2)12-9-13-21(3)14-10-15-22(4)16-11-17-27(8,33)18-19-28(30-35)26(32)23(5)24(6)29(28,34)25(7)31/h20-22,33-34H,9-19H2,1-8H3. The van der Waals surface area contributed by atoms with E-state index in [-0.39, 0.29) is 24.0 Å². The highest BCUT2D eigenvalue weighted by molar-refractivity contribution is 6.14. The van der Waals surface area contributed by atoms with E-state index in [0.29, 0.717) is 12.3 Å². The van der Waals surface area contributed by atoms with Crippen LogP contribution in [0, 0.1) is 22.7 Å². The lowest BCUT2D eigenvalue weighted by Gasteiger charge is -2.36. The van der Waals surface area contributed by atoms with E-state index in [4.69, 9.17) is 0 Å². The number of hydrogen-bond acceptors (Lipinski definition) is 6. The molecule has 6 nitrogen and oxygen atoms in total. The van der Waals surface area contributed by atoms with E-state index in [2.05, 4.69) is 32.9 Å². The van der Waals surface area contributed by atoms with Crippen molar-refractivity contribution in [2.45, 2.75) is 143 Å². The quantitative estimate of drug-likeness (QED) is 0.219. The normalized spacial score (nSPS) is 26.2. The van der Waals surface area contributed by atoms with Gasteiger partial charge in [0.05, 0.1) is 5.60 Å². The zero-order chi connectivity index (χ0) is 27.0. The van der Waals surface area contributed by atoms with E-state index in [0.717, 1.165) is 24.7 Å². The van der Waals surface area contributed by atoms with Crippen LogP contribution < -0.4 is 0 Å². The number of carbonyl (C=O) groups excluding carboxylic acids is 2. The van der Waals surface area contributed by atoms with Crippen molar-refractivity contribution < 1.29 is 19.8 Å². The summed E-state index contributed by atoms with van der Waals surface area (Å²) in [4.78, 5) is 37.1. The van der Waals surface area contributed by atoms with Gasteiger partial charge < -0.3 is 10.2 Å². The Morgan fingerprint density at radius 3 is 1.89 bits per heavy atom. The van der Waals surface area contributed by atoms with Crippen LogP contribution in [0.3, 0.4) is 0 Å². The van der Waals surface area contributed by atoms with Gasteiger partial charge in [-0.1, -0.05) is 84.2 Å². The summed E-state index contributed by atoms with van der Waals surface area (Å²) in [6.07, 6.45) is 9.90. The molecule has 0 aliphatic heterocycles. The molecule has 0 aromatic heterocycles. The number of nitrogens with zero attached hydrogens (tertiary/aromatic N) is 1. The monoisotopic (exact) mass is 493 g/mol. The molecule has 5 atom stereocenters.